The van der Waals surface area contributed by atoms with Gasteiger partial charge >= 0.3 is 0 Å². The minimum absolute atomic E-state index is 0.137. The number of carbonyl (C=O) groups excluding carboxylic acids is 1. The lowest BCUT2D eigenvalue weighted by Crippen LogP contribution is -2.28. The number of rotatable bonds is 3. The van der Waals surface area contributed by atoms with Crippen molar-refractivity contribution < 1.29 is 13.2 Å². The van der Waals surface area contributed by atoms with E-state index in [1.807, 2.05) is 6.07 Å². The molecule has 2 heterocycles. The summed E-state index contributed by atoms with van der Waals surface area (Å²) in [5.41, 5.74) is 0.400. The van der Waals surface area contributed by atoms with Crippen molar-refractivity contribution in [2.75, 3.05) is 17.2 Å². The number of nitrogens with two attached hydrogens (primary N) is 1. The first-order valence-electron chi connectivity index (χ1n) is 5.56. The van der Waals surface area contributed by atoms with E-state index in [9.17, 15) is 13.2 Å². The molecule has 1 fully saturated rings. The van der Waals surface area contributed by atoms with Gasteiger partial charge in [0.15, 0.2) is 0 Å². The molecule has 1 aromatic heterocycles. The Labute approximate surface area is 110 Å². The lowest BCUT2D eigenvalue weighted by Gasteiger charge is -2.15. The first-order chi connectivity index (χ1) is 8.89. The van der Waals surface area contributed by atoms with Crippen molar-refractivity contribution in [3.8, 4) is 6.07 Å². The van der Waals surface area contributed by atoms with E-state index in [0.717, 1.165) is 0 Å². The smallest absolute Gasteiger partial charge is 0.228 e. The van der Waals surface area contributed by atoms with Gasteiger partial charge in [-0.25, -0.2) is 18.5 Å². The Bertz CT molecular complexity index is 633. The normalized spacial score (nSPS) is 19.5. The Morgan fingerprint density at radius 2 is 2.26 bits per heavy atom. The summed E-state index contributed by atoms with van der Waals surface area (Å²) in [6.07, 6.45) is 1.51. The Morgan fingerprint density at radius 1 is 1.53 bits per heavy atom. The van der Waals surface area contributed by atoms with Gasteiger partial charge in [-0.15, -0.1) is 0 Å². The van der Waals surface area contributed by atoms with Crippen molar-refractivity contribution in [1.82, 2.24) is 4.98 Å². The number of amides is 1. The van der Waals surface area contributed by atoms with Gasteiger partial charge in [0, 0.05) is 25.1 Å². The van der Waals surface area contributed by atoms with Crippen molar-refractivity contribution in [2.24, 2.45) is 11.1 Å². The van der Waals surface area contributed by atoms with Gasteiger partial charge in [0.1, 0.15) is 11.9 Å². The van der Waals surface area contributed by atoms with Gasteiger partial charge in [0.2, 0.25) is 15.9 Å². The standard InChI is InChI=1S/C11H12N4O3S/c12-4-8-1-2-10(14-5-8)15-6-9(3-11(15)16)7-19(13,17)18/h1-2,5,9H,3,6-7H2,(H2,13,17,18). The van der Waals surface area contributed by atoms with E-state index < -0.39 is 10.0 Å². The highest BCUT2D eigenvalue weighted by Crippen LogP contribution is 2.24. The Kier molecular flexibility index (Phi) is 3.50. The first kappa shape index (κ1) is 13.5. The van der Waals surface area contributed by atoms with Gasteiger partial charge in [-0.2, -0.15) is 5.26 Å². The Balaban J connectivity index is 2.13. The zero-order chi connectivity index (χ0) is 14.0. The van der Waals surface area contributed by atoms with E-state index in [1.54, 1.807) is 12.1 Å². The molecule has 0 saturated carbocycles. The van der Waals surface area contributed by atoms with Crippen LogP contribution in [0.15, 0.2) is 18.3 Å². The molecule has 2 rings (SSSR count). The van der Waals surface area contributed by atoms with Crippen LogP contribution in [0.4, 0.5) is 5.82 Å². The van der Waals surface area contributed by atoms with E-state index in [2.05, 4.69) is 4.98 Å². The average Bonchev–Trinajstić information content (AvgIpc) is 2.68. The molecule has 7 nitrogen and oxygen atoms in total. The molecule has 1 aliphatic rings. The van der Waals surface area contributed by atoms with E-state index in [0.29, 0.717) is 11.4 Å². The second kappa shape index (κ2) is 4.95. The zero-order valence-electron chi connectivity index (χ0n) is 9.98. The summed E-state index contributed by atoms with van der Waals surface area (Å²) in [5, 5.41) is 13.6. The van der Waals surface area contributed by atoms with Crippen LogP contribution >= 0.6 is 0 Å². The minimum Gasteiger partial charge on any atom is -0.296 e. The molecule has 0 spiro atoms. The molecule has 1 saturated heterocycles. The van der Waals surface area contributed by atoms with Crippen molar-refractivity contribution in [3.05, 3.63) is 23.9 Å². The van der Waals surface area contributed by atoms with Crippen LogP contribution in [0.1, 0.15) is 12.0 Å². The molecule has 19 heavy (non-hydrogen) atoms. The maximum atomic E-state index is 11.8. The molecule has 1 aliphatic heterocycles. The van der Waals surface area contributed by atoms with E-state index in [4.69, 9.17) is 10.4 Å². The number of pyridine rings is 1. The van der Waals surface area contributed by atoms with Crippen molar-refractivity contribution in [2.45, 2.75) is 6.42 Å². The number of anilines is 1. The maximum absolute atomic E-state index is 11.8. The fourth-order valence-corrected chi connectivity index (χ4v) is 2.94. The van der Waals surface area contributed by atoms with E-state index >= 15 is 0 Å². The van der Waals surface area contributed by atoms with E-state index in [-0.39, 0.29) is 30.5 Å². The van der Waals surface area contributed by atoms with Crippen LogP contribution in [0.3, 0.4) is 0 Å². The van der Waals surface area contributed by atoms with Crippen LogP contribution in [0.5, 0.6) is 0 Å². The molecule has 0 bridgehead atoms. The molecule has 1 amide bonds. The second-order valence-corrected chi connectivity index (χ2v) is 6.08. The minimum atomic E-state index is -3.59. The van der Waals surface area contributed by atoms with Crippen molar-refractivity contribution >= 4 is 21.7 Å². The molecule has 8 heteroatoms. The molecule has 0 aliphatic carbocycles. The lowest BCUT2D eigenvalue weighted by molar-refractivity contribution is -0.117. The van der Waals surface area contributed by atoms with Gasteiger partial charge in [-0.3, -0.25) is 9.69 Å². The number of sulfonamides is 1. The molecule has 2 N–H and O–H groups in total. The van der Waals surface area contributed by atoms with Gasteiger partial charge < -0.3 is 0 Å². The third kappa shape index (κ3) is 3.27. The summed E-state index contributed by atoms with van der Waals surface area (Å²) >= 11 is 0. The highest BCUT2D eigenvalue weighted by atomic mass is 32.2. The van der Waals surface area contributed by atoms with Crippen LogP contribution in [0.25, 0.3) is 0 Å². The highest BCUT2D eigenvalue weighted by Gasteiger charge is 2.33. The summed E-state index contributed by atoms with van der Waals surface area (Å²) in [4.78, 5) is 17.2. The SMILES string of the molecule is N#Cc1ccc(N2CC(CS(N)(=O)=O)CC2=O)nc1. The number of primary sulfonamides is 1. The average molecular weight is 280 g/mol. The fraction of sp³-hybridized carbons (Fsp3) is 0.364. The van der Waals surface area contributed by atoms with E-state index in [1.165, 1.54) is 11.1 Å². The van der Waals surface area contributed by atoms with Gasteiger partial charge in [0.25, 0.3) is 0 Å². The summed E-state index contributed by atoms with van der Waals surface area (Å²) in [6, 6.07) is 5.06. The second-order valence-electron chi connectivity index (χ2n) is 4.42. The zero-order valence-corrected chi connectivity index (χ0v) is 10.8. The molecule has 1 aromatic rings. The molecule has 0 radical (unpaired) electrons. The quantitative estimate of drug-likeness (QED) is 0.808. The predicted molar refractivity (Wildman–Crippen MR) is 67.4 cm³/mol. The molecule has 0 aromatic carbocycles. The molecular formula is C11H12N4O3S. The van der Waals surface area contributed by atoms with Crippen LogP contribution in [0, 0.1) is 17.2 Å². The predicted octanol–water partition coefficient (Wildman–Crippen LogP) is -0.405. The number of nitrogens with zero attached hydrogens (tertiary/aromatic N) is 3. The third-order valence-electron chi connectivity index (χ3n) is 2.83. The Morgan fingerprint density at radius 3 is 2.79 bits per heavy atom. The van der Waals surface area contributed by atoms with Crippen LogP contribution in [0.2, 0.25) is 0 Å². The van der Waals surface area contributed by atoms with Gasteiger partial charge in [0.05, 0.1) is 11.3 Å². The largest absolute Gasteiger partial charge is 0.296 e. The first-order valence-corrected chi connectivity index (χ1v) is 7.27. The monoisotopic (exact) mass is 280 g/mol. The maximum Gasteiger partial charge on any atom is 0.228 e. The van der Waals surface area contributed by atoms with Crippen molar-refractivity contribution in [3.63, 3.8) is 0 Å². The molecular weight excluding hydrogens is 268 g/mol. The van der Waals surface area contributed by atoms with Crippen LogP contribution < -0.4 is 10.0 Å². The molecule has 1 atom stereocenters. The molecule has 1 unspecified atom stereocenters. The number of hydrogen-bond donors (Lipinski definition) is 1. The number of nitriles is 1. The lowest BCUT2D eigenvalue weighted by atomic mass is 10.1. The summed E-state index contributed by atoms with van der Waals surface area (Å²) in [7, 11) is -3.59. The summed E-state index contributed by atoms with van der Waals surface area (Å²) < 4.78 is 22.0. The molecule has 100 valence electrons. The number of aromatic nitrogens is 1. The number of carbonyl (C=O) groups is 1. The topological polar surface area (TPSA) is 117 Å². The number of hydrogen-bond acceptors (Lipinski definition) is 5. The van der Waals surface area contributed by atoms with Crippen LogP contribution in [-0.4, -0.2) is 31.6 Å². The Hall–Kier alpha value is -1.98. The van der Waals surface area contributed by atoms with Gasteiger partial charge in [-0.05, 0) is 12.1 Å². The van der Waals surface area contributed by atoms with Crippen molar-refractivity contribution in [1.29, 1.82) is 5.26 Å². The summed E-state index contributed by atoms with van der Waals surface area (Å²) in [5.74, 6) is -0.308. The third-order valence-corrected chi connectivity index (χ3v) is 3.76. The van der Waals surface area contributed by atoms with Crippen LogP contribution in [-0.2, 0) is 14.8 Å². The highest BCUT2D eigenvalue weighted by molar-refractivity contribution is 7.89. The van der Waals surface area contributed by atoms with Gasteiger partial charge in [-0.1, -0.05) is 0 Å². The summed E-state index contributed by atoms with van der Waals surface area (Å²) in [6.45, 7) is 0.272. The fourth-order valence-electron chi connectivity index (χ4n) is 2.06.